The number of phosphoric ester groups is 1. The van der Waals surface area contributed by atoms with Crippen LogP contribution in [0.1, 0.15) is 181 Å². The number of phosphoric acid groups is 1. The molecule has 0 heterocycles. The molecule has 0 amide bonds. The first-order chi connectivity index (χ1) is 36.8. The minimum absolute atomic E-state index is 0.0324. The quantitative estimate of drug-likeness (QED) is 0.0264. The molecule has 0 aliphatic rings. The molecule has 75 heavy (non-hydrogen) atoms. The molecular weight excluding hydrogens is 954 g/mol. The number of carbonyl (C=O) groups excluding carboxylic acids is 2. The van der Waals surface area contributed by atoms with E-state index in [0.29, 0.717) is 12.8 Å². The highest BCUT2D eigenvalue weighted by atomic mass is 31.2. The molecule has 9 nitrogen and oxygen atoms in total. The van der Waals surface area contributed by atoms with Crippen molar-refractivity contribution in [3.05, 3.63) is 182 Å². The van der Waals surface area contributed by atoms with Crippen LogP contribution in [0.15, 0.2) is 182 Å². The van der Waals surface area contributed by atoms with Crippen molar-refractivity contribution < 1.29 is 37.6 Å². The Morgan fingerprint density at radius 3 is 1.05 bits per heavy atom. The molecule has 0 radical (unpaired) electrons. The summed E-state index contributed by atoms with van der Waals surface area (Å²) in [5.74, 6) is -0.920. The zero-order valence-corrected chi connectivity index (χ0v) is 47.3. The maximum absolute atomic E-state index is 12.7. The topological polar surface area (TPSA) is 134 Å². The number of hydrogen-bond donors (Lipinski definition) is 2. The van der Waals surface area contributed by atoms with Gasteiger partial charge in [0.25, 0.3) is 0 Å². The summed E-state index contributed by atoms with van der Waals surface area (Å²) >= 11 is 0. The molecule has 2 unspecified atom stereocenters. The molecular formula is C65H100NO8P. The molecule has 0 saturated carbocycles. The van der Waals surface area contributed by atoms with Gasteiger partial charge >= 0.3 is 19.8 Å². The number of rotatable bonds is 50. The maximum Gasteiger partial charge on any atom is 0.472 e. The van der Waals surface area contributed by atoms with Gasteiger partial charge < -0.3 is 20.1 Å². The Labute approximate surface area is 456 Å². The Kier molecular flexibility index (Phi) is 54.6. The molecule has 0 aromatic rings. The monoisotopic (exact) mass is 1050 g/mol. The predicted octanol–water partition coefficient (Wildman–Crippen LogP) is 18.1. The van der Waals surface area contributed by atoms with E-state index in [0.717, 1.165) is 141 Å². The van der Waals surface area contributed by atoms with Gasteiger partial charge in [0.1, 0.15) is 6.61 Å². The van der Waals surface area contributed by atoms with Crippen molar-refractivity contribution in [1.82, 2.24) is 0 Å². The fraction of sp³-hybridized carbons (Fsp3) is 0.508. The van der Waals surface area contributed by atoms with E-state index in [1.165, 1.54) is 0 Å². The molecule has 0 rings (SSSR count). The fourth-order valence-electron chi connectivity index (χ4n) is 6.69. The van der Waals surface area contributed by atoms with Crippen molar-refractivity contribution >= 4 is 19.8 Å². The van der Waals surface area contributed by atoms with Crippen molar-refractivity contribution in [3.8, 4) is 0 Å². The van der Waals surface area contributed by atoms with E-state index in [1.54, 1.807) is 0 Å². The molecule has 418 valence electrons. The number of hydrogen-bond acceptors (Lipinski definition) is 8. The first-order valence-electron chi connectivity index (χ1n) is 28.3. The molecule has 0 spiro atoms. The normalized spacial score (nSPS) is 14.5. The van der Waals surface area contributed by atoms with Gasteiger partial charge in [-0.25, -0.2) is 4.57 Å². The first-order valence-corrected chi connectivity index (χ1v) is 29.8. The van der Waals surface area contributed by atoms with Crippen molar-refractivity contribution in [1.29, 1.82) is 0 Å². The molecule has 0 aliphatic carbocycles. The molecule has 0 aromatic heterocycles. The molecule has 10 heteroatoms. The smallest absolute Gasteiger partial charge is 0.462 e. The average molecular weight is 1050 g/mol. The third-order valence-corrected chi connectivity index (χ3v) is 11.8. The van der Waals surface area contributed by atoms with Crippen LogP contribution in [-0.2, 0) is 32.7 Å². The zero-order valence-electron chi connectivity index (χ0n) is 46.4. The molecule has 0 aromatic carbocycles. The van der Waals surface area contributed by atoms with Crippen LogP contribution in [0.3, 0.4) is 0 Å². The van der Waals surface area contributed by atoms with E-state index < -0.39 is 32.5 Å². The third kappa shape index (κ3) is 58.2. The van der Waals surface area contributed by atoms with Gasteiger partial charge in [-0.05, 0) is 135 Å². The standard InChI is InChI=1S/C65H100NO8P/c1-3-5-7-9-11-13-15-17-19-21-23-25-26-27-28-29-30-31-32-33-34-35-36-38-40-42-44-46-48-50-52-54-56-58-65(68)74-63(62-73-75(69,70)72-60-59-66)61-71-64(67)57-55-53-51-49-47-45-43-41-39-37-24-22-20-18-16-14-12-10-8-6-4-2/h5-8,11-14,17-20,23-25,27-28,30-31,33-34,36-38,41-44,47,49,63H,3-4,9-10,15-16,21-22,26,29,32,35,39-40,45-46,48,50-62,66H2,1-2H3,(H,69,70)/b7-5-,8-6-,13-11-,14-12-,19-17-,20-18-,25-23-,28-27-,31-30-,34-33-,37-24-,38-36-,43-41-,44-42-,49-47-. The first kappa shape index (κ1) is 70.1. The number of allylic oxidation sites excluding steroid dienone is 30. The van der Waals surface area contributed by atoms with Gasteiger partial charge in [0.15, 0.2) is 6.10 Å². The van der Waals surface area contributed by atoms with Crippen LogP contribution in [0, 0.1) is 0 Å². The van der Waals surface area contributed by atoms with E-state index in [1.807, 2.05) is 0 Å². The fourth-order valence-corrected chi connectivity index (χ4v) is 7.45. The van der Waals surface area contributed by atoms with Gasteiger partial charge in [0, 0.05) is 19.4 Å². The van der Waals surface area contributed by atoms with Crippen LogP contribution < -0.4 is 5.73 Å². The van der Waals surface area contributed by atoms with Crippen LogP contribution in [0.4, 0.5) is 0 Å². The van der Waals surface area contributed by atoms with Crippen LogP contribution in [0.25, 0.3) is 0 Å². The average Bonchev–Trinajstić information content (AvgIpc) is 3.40. The number of esters is 2. The number of nitrogens with two attached hydrogens (primary N) is 1. The summed E-state index contributed by atoms with van der Waals surface area (Å²) in [4.78, 5) is 35.1. The van der Waals surface area contributed by atoms with Crippen LogP contribution in [-0.4, -0.2) is 49.3 Å². The summed E-state index contributed by atoms with van der Waals surface area (Å²) in [6, 6.07) is 0. The summed E-state index contributed by atoms with van der Waals surface area (Å²) in [5.41, 5.74) is 5.37. The predicted molar refractivity (Wildman–Crippen MR) is 320 cm³/mol. The summed E-state index contributed by atoms with van der Waals surface area (Å²) in [5, 5.41) is 0. The number of ether oxygens (including phenoxy) is 2. The molecule has 3 N–H and O–H groups in total. The van der Waals surface area contributed by atoms with Crippen LogP contribution >= 0.6 is 7.82 Å². The third-order valence-electron chi connectivity index (χ3n) is 10.8. The zero-order chi connectivity index (χ0) is 54.5. The molecule has 0 aliphatic heterocycles. The highest BCUT2D eigenvalue weighted by Crippen LogP contribution is 2.43. The lowest BCUT2D eigenvalue weighted by Gasteiger charge is -2.19. The van der Waals surface area contributed by atoms with E-state index in [-0.39, 0.29) is 32.6 Å². The number of carbonyl (C=O) groups is 2. The van der Waals surface area contributed by atoms with E-state index in [2.05, 4.69) is 196 Å². The second-order valence-electron chi connectivity index (χ2n) is 17.7. The van der Waals surface area contributed by atoms with Crippen LogP contribution in [0.5, 0.6) is 0 Å². The van der Waals surface area contributed by atoms with Crippen molar-refractivity contribution in [2.24, 2.45) is 5.73 Å². The highest BCUT2D eigenvalue weighted by molar-refractivity contribution is 7.47. The van der Waals surface area contributed by atoms with Gasteiger partial charge in [-0.2, -0.15) is 0 Å². The minimum Gasteiger partial charge on any atom is -0.462 e. The van der Waals surface area contributed by atoms with Gasteiger partial charge in [-0.1, -0.05) is 215 Å². The maximum atomic E-state index is 12.7. The summed E-state index contributed by atoms with van der Waals surface area (Å²) in [7, 11) is -4.42. The van der Waals surface area contributed by atoms with E-state index >= 15 is 0 Å². The molecule has 0 bridgehead atoms. The van der Waals surface area contributed by atoms with Gasteiger partial charge in [-0.15, -0.1) is 0 Å². The lowest BCUT2D eigenvalue weighted by atomic mass is 10.1. The summed E-state index contributed by atoms with van der Waals surface area (Å²) in [6.45, 7) is 3.40. The Morgan fingerprint density at radius 2 is 0.693 bits per heavy atom. The molecule has 0 fully saturated rings. The summed E-state index contributed by atoms with van der Waals surface area (Å²) < 4.78 is 32.9. The van der Waals surface area contributed by atoms with Gasteiger partial charge in [0.05, 0.1) is 13.2 Å². The molecule has 0 saturated heterocycles. The van der Waals surface area contributed by atoms with Crippen molar-refractivity contribution in [2.45, 2.75) is 187 Å². The van der Waals surface area contributed by atoms with E-state index in [9.17, 15) is 19.0 Å². The summed E-state index contributed by atoms with van der Waals surface area (Å²) in [6.07, 6.45) is 88.0. The molecule has 2 atom stereocenters. The Hall–Kier alpha value is -4.89. The van der Waals surface area contributed by atoms with Crippen molar-refractivity contribution in [3.63, 3.8) is 0 Å². The van der Waals surface area contributed by atoms with E-state index in [4.69, 9.17) is 24.3 Å². The largest absolute Gasteiger partial charge is 0.472 e. The Balaban J connectivity index is 4.18. The highest BCUT2D eigenvalue weighted by Gasteiger charge is 2.26. The Morgan fingerprint density at radius 1 is 0.400 bits per heavy atom. The minimum atomic E-state index is -4.42. The second-order valence-corrected chi connectivity index (χ2v) is 19.1. The lowest BCUT2D eigenvalue weighted by Crippen LogP contribution is -2.29. The van der Waals surface area contributed by atoms with Gasteiger partial charge in [-0.3, -0.25) is 18.6 Å². The number of unbranched alkanes of at least 4 members (excludes halogenated alkanes) is 7. The van der Waals surface area contributed by atoms with Crippen LogP contribution in [0.2, 0.25) is 0 Å². The second kappa shape index (κ2) is 58.4. The Bertz CT molecular complexity index is 1870. The SMILES string of the molecule is CC/C=C\C/C=C\C/C=C\C/C=C\C/C=C\C/C=C\C/C=C\C/C=C\C/C=C\CCCCCCCC(=O)OC(COC(=O)CCCC/C=C\C/C=C\C/C=C\C/C=C\C/C=C\C/C=C\CC)COP(=O)(O)OCCN. The lowest BCUT2D eigenvalue weighted by molar-refractivity contribution is -0.161. The van der Waals surface area contributed by atoms with Crippen molar-refractivity contribution in [2.75, 3.05) is 26.4 Å². The van der Waals surface area contributed by atoms with Gasteiger partial charge in [0.2, 0.25) is 0 Å².